The molecule has 0 saturated carbocycles. The Kier molecular flexibility index (Phi) is 3.68. The highest BCUT2D eigenvalue weighted by Crippen LogP contribution is 2.32. The summed E-state index contributed by atoms with van der Waals surface area (Å²) < 4.78 is 0. The van der Waals surface area contributed by atoms with Crippen LogP contribution in [0.15, 0.2) is 36.7 Å². The van der Waals surface area contributed by atoms with E-state index in [-0.39, 0.29) is 10.8 Å². The van der Waals surface area contributed by atoms with Crippen molar-refractivity contribution in [2.75, 3.05) is 0 Å². The highest BCUT2D eigenvalue weighted by molar-refractivity contribution is 5.59. The maximum absolute atomic E-state index is 4.38. The molecule has 106 valence electrons. The van der Waals surface area contributed by atoms with Gasteiger partial charge in [0.15, 0.2) is 5.82 Å². The third kappa shape index (κ3) is 3.24. The van der Waals surface area contributed by atoms with Gasteiger partial charge in [-0.05, 0) is 40.2 Å². The Morgan fingerprint density at radius 1 is 0.700 bits per heavy atom. The van der Waals surface area contributed by atoms with Crippen molar-refractivity contribution < 1.29 is 0 Å². The summed E-state index contributed by atoms with van der Waals surface area (Å²) in [6, 6.07) is 8.59. The SMILES string of the molecule is CC(C)(C)c1cc(-c2ncccn2)cc(C(C)(C)C)c1. The van der Waals surface area contributed by atoms with Crippen LogP contribution in [0.4, 0.5) is 0 Å². The lowest BCUT2D eigenvalue weighted by atomic mass is 9.79. The molecule has 1 heterocycles. The van der Waals surface area contributed by atoms with Gasteiger partial charge in [-0.25, -0.2) is 9.97 Å². The summed E-state index contributed by atoms with van der Waals surface area (Å²) in [5, 5.41) is 0. The van der Waals surface area contributed by atoms with Gasteiger partial charge in [0.2, 0.25) is 0 Å². The van der Waals surface area contributed by atoms with Crippen molar-refractivity contribution in [3.8, 4) is 11.4 Å². The molecule has 0 unspecified atom stereocenters. The van der Waals surface area contributed by atoms with Gasteiger partial charge in [-0.2, -0.15) is 0 Å². The second-order valence-corrected chi connectivity index (χ2v) is 7.37. The minimum Gasteiger partial charge on any atom is -0.237 e. The lowest BCUT2D eigenvalue weighted by Crippen LogP contribution is -2.16. The van der Waals surface area contributed by atoms with Crippen LogP contribution in [0.1, 0.15) is 52.7 Å². The van der Waals surface area contributed by atoms with Gasteiger partial charge in [0, 0.05) is 18.0 Å². The minimum atomic E-state index is 0.116. The zero-order chi connectivity index (χ0) is 15.0. The first kappa shape index (κ1) is 14.7. The quantitative estimate of drug-likeness (QED) is 0.746. The number of aromatic nitrogens is 2. The summed E-state index contributed by atoms with van der Waals surface area (Å²) in [4.78, 5) is 8.77. The predicted octanol–water partition coefficient (Wildman–Crippen LogP) is 4.74. The number of hydrogen-bond acceptors (Lipinski definition) is 2. The van der Waals surface area contributed by atoms with E-state index >= 15 is 0 Å². The van der Waals surface area contributed by atoms with Crippen molar-refractivity contribution in [3.05, 3.63) is 47.8 Å². The van der Waals surface area contributed by atoms with Crippen LogP contribution in [0, 0.1) is 0 Å². The smallest absolute Gasteiger partial charge is 0.159 e. The average Bonchev–Trinajstić information content (AvgIpc) is 2.37. The lowest BCUT2D eigenvalue weighted by molar-refractivity contribution is 0.569. The maximum atomic E-state index is 4.38. The largest absolute Gasteiger partial charge is 0.237 e. The molecule has 2 aromatic rings. The highest BCUT2D eigenvalue weighted by atomic mass is 14.8. The summed E-state index contributed by atoms with van der Waals surface area (Å²) >= 11 is 0. The van der Waals surface area contributed by atoms with Gasteiger partial charge in [0.1, 0.15) is 0 Å². The van der Waals surface area contributed by atoms with Crippen molar-refractivity contribution in [1.82, 2.24) is 9.97 Å². The van der Waals surface area contributed by atoms with E-state index in [0.29, 0.717) is 0 Å². The Labute approximate surface area is 122 Å². The molecule has 1 aromatic heterocycles. The Bertz CT molecular complexity index is 555. The van der Waals surface area contributed by atoms with Gasteiger partial charge in [-0.1, -0.05) is 47.6 Å². The van der Waals surface area contributed by atoms with Gasteiger partial charge in [-0.3, -0.25) is 0 Å². The van der Waals surface area contributed by atoms with Crippen molar-refractivity contribution in [1.29, 1.82) is 0 Å². The minimum absolute atomic E-state index is 0.116. The number of nitrogens with zero attached hydrogens (tertiary/aromatic N) is 2. The molecule has 0 aliphatic rings. The zero-order valence-corrected chi connectivity index (χ0v) is 13.4. The summed E-state index contributed by atoms with van der Waals surface area (Å²) in [7, 11) is 0. The van der Waals surface area contributed by atoms with Crippen molar-refractivity contribution in [2.45, 2.75) is 52.4 Å². The van der Waals surface area contributed by atoms with Crippen molar-refractivity contribution in [2.24, 2.45) is 0 Å². The molecular formula is C18H24N2. The molecule has 0 bridgehead atoms. The van der Waals surface area contributed by atoms with E-state index in [1.165, 1.54) is 11.1 Å². The van der Waals surface area contributed by atoms with E-state index in [2.05, 4.69) is 69.7 Å². The molecule has 0 N–H and O–H groups in total. The molecule has 0 spiro atoms. The Hall–Kier alpha value is -1.70. The molecular weight excluding hydrogens is 244 g/mol. The van der Waals surface area contributed by atoms with Gasteiger partial charge in [0.05, 0.1) is 0 Å². The van der Waals surface area contributed by atoms with E-state index in [9.17, 15) is 0 Å². The van der Waals surface area contributed by atoms with Crippen LogP contribution in [0.5, 0.6) is 0 Å². The molecule has 0 saturated heterocycles. The topological polar surface area (TPSA) is 25.8 Å². The van der Waals surface area contributed by atoms with Crippen LogP contribution in [0.25, 0.3) is 11.4 Å². The first-order valence-electron chi connectivity index (χ1n) is 7.11. The molecule has 0 aliphatic carbocycles. The third-order valence-electron chi connectivity index (χ3n) is 3.49. The normalized spacial score (nSPS) is 12.5. The summed E-state index contributed by atoms with van der Waals surface area (Å²) in [5.74, 6) is 0.795. The predicted molar refractivity (Wildman–Crippen MR) is 84.9 cm³/mol. The molecule has 20 heavy (non-hydrogen) atoms. The number of rotatable bonds is 1. The Morgan fingerprint density at radius 2 is 1.15 bits per heavy atom. The van der Waals surface area contributed by atoms with Crippen LogP contribution in [-0.2, 0) is 10.8 Å². The second kappa shape index (κ2) is 5.01. The molecule has 0 aliphatic heterocycles. The van der Waals surface area contributed by atoms with E-state index in [4.69, 9.17) is 0 Å². The van der Waals surface area contributed by atoms with Gasteiger partial charge < -0.3 is 0 Å². The number of benzene rings is 1. The molecule has 0 fully saturated rings. The average molecular weight is 268 g/mol. The van der Waals surface area contributed by atoms with Gasteiger partial charge >= 0.3 is 0 Å². The van der Waals surface area contributed by atoms with Crippen molar-refractivity contribution in [3.63, 3.8) is 0 Å². The van der Waals surface area contributed by atoms with E-state index in [1.54, 1.807) is 12.4 Å². The summed E-state index contributed by atoms with van der Waals surface area (Å²) in [6.45, 7) is 13.4. The van der Waals surface area contributed by atoms with E-state index in [1.807, 2.05) is 6.07 Å². The maximum Gasteiger partial charge on any atom is 0.159 e. The fourth-order valence-electron chi connectivity index (χ4n) is 2.07. The van der Waals surface area contributed by atoms with Gasteiger partial charge in [-0.15, -0.1) is 0 Å². The van der Waals surface area contributed by atoms with E-state index in [0.717, 1.165) is 11.4 Å². The van der Waals surface area contributed by atoms with Crippen LogP contribution in [-0.4, -0.2) is 9.97 Å². The highest BCUT2D eigenvalue weighted by Gasteiger charge is 2.21. The molecule has 0 amide bonds. The van der Waals surface area contributed by atoms with E-state index < -0.39 is 0 Å². The fourth-order valence-corrected chi connectivity index (χ4v) is 2.07. The van der Waals surface area contributed by atoms with Crippen LogP contribution >= 0.6 is 0 Å². The molecule has 0 atom stereocenters. The summed E-state index contributed by atoms with van der Waals surface area (Å²) in [6.07, 6.45) is 3.59. The molecule has 2 heteroatoms. The van der Waals surface area contributed by atoms with Crippen molar-refractivity contribution >= 4 is 0 Å². The first-order valence-corrected chi connectivity index (χ1v) is 7.11. The fraction of sp³-hybridized carbons (Fsp3) is 0.444. The van der Waals surface area contributed by atoms with Gasteiger partial charge in [0.25, 0.3) is 0 Å². The first-order chi connectivity index (χ1) is 9.18. The molecule has 0 radical (unpaired) electrons. The molecule has 1 aromatic carbocycles. The standard InChI is InChI=1S/C18H24N2/c1-17(2,3)14-10-13(16-19-8-7-9-20-16)11-15(12-14)18(4,5)6/h7-12H,1-6H3. The Morgan fingerprint density at radius 3 is 1.55 bits per heavy atom. The Balaban J connectivity index is 2.64. The molecule has 2 rings (SSSR count). The van der Waals surface area contributed by atoms with Crippen LogP contribution in [0.2, 0.25) is 0 Å². The summed E-state index contributed by atoms with van der Waals surface area (Å²) in [5.41, 5.74) is 3.98. The number of hydrogen-bond donors (Lipinski definition) is 0. The zero-order valence-electron chi connectivity index (χ0n) is 13.4. The lowest BCUT2D eigenvalue weighted by Gasteiger charge is -2.26. The second-order valence-electron chi connectivity index (χ2n) is 7.37. The van der Waals surface area contributed by atoms with Crippen LogP contribution < -0.4 is 0 Å². The molecule has 2 nitrogen and oxygen atoms in total. The van der Waals surface area contributed by atoms with Crippen LogP contribution in [0.3, 0.4) is 0 Å². The third-order valence-corrected chi connectivity index (χ3v) is 3.49. The monoisotopic (exact) mass is 268 g/mol.